The average molecular weight is 526 g/mol. The van der Waals surface area contributed by atoms with Gasteiger partial charge in [-0.25, -0.2) is 23.7 Å². The minimum absolute atomic E-state index is 0.0200. The lowest BCUT2D eigenvalue weighted by Crippen LogP contribution is -2.54. The molecule has 1 amide bonds. The van der Waals surface area contributed by atoms with Gasteiger partial charge < -0.3 is 20.7 Å². The fourth-order valence-electron chi connectivity index (χ4n) is 3.71. The van der Waals surface area contributed by atoms with Crippen LogP contribution in [-0.2, 0) is 0 Å². The summed E-state index contributed by atoms with van der Waals surface area (Å²) in [6, 6.07) is 6.13. The molecule has 3 aromatic rings. The van der Waals surface area contributed by atoms with Crippen LogP contribution in [-0.4, -0.2) is 51.5 Å². The Kier molecular flexibility index (Phi) is 6.80. The molecule has 14 heteroatoms. The second kappa shape index (κ2) is 9.55. The second-order valence-corrected chi connectivity index (χ2v) is 8.92. The average Bonchev–Trinajstić information content (AvgIpc) is 3.23. The molecule has 0 radical (unpaired) electrons. The number of nitrogens with zero attached hydrogens (tertiary/aromatic N) is 4. The molecule has 3 heterocycles. The molecule has 2 aromatic heterocycles. The zero-order valence-electron chi connectivity index (χ0n) is 18.5. The van der Waals surface area contributed by atoms with Crippen LogP contribution in [0.2, 0.25) is 0 Å². The van der Waals surface area contributed by atoms with E-state index in [2.05, 4.69) is 25.0 Å². The standard InChI is InChI=1S/C22H20F5N6O2P/c23-21(24,36)20(28)5-6-33(11-20)18-17(14-8-29-12-30-9-14)7-13(10-31-18)19(34)32-15-1-3-16(4-2-15)35-22(25,26)27/h1-4,7-10,12H,5-6,11,28,36H2,(H,32,34)/t20-/m1/s1. The minimum atomic E-state index is -4.83. The van der Waals surface area contributed by atoms with E-state index in [0.717, 1.165) is 12.1 Å². The highest BCUT2D eigenvalue weighted by Crippen LogP contribution is 2.42. The van der Waals surface area contributed by atoms with Gasteiger partial charge in [-0.1, -0.05) is 9.24 Å². The summed E-state index contributed by atoms with van der Waals surface area (Å²) in [5, 5.41) is 2.57. The first kappa shape index (κ1) is 25.6. The molecule has 0 saturated carbocycles. The molecule has 1 aliphatic heterocycles. The van der Waals surface area contributed by atoms with Gasteiger partial charge in [-0.15, -0.1) is 13.2 Å². The minimum Gasteiger partial charge on any atom is -0.406 e. The van der Waals surface area contributed by atoms with Gasteiger partial charge in [0.1, 0.15) is 23.4 Å². The van der Waals surface area contributed by atoms with Crippen molar-refractivity contribution in [3.63, 3.8) is 0 Å². The fourth-order valence-corrected chi connectivity index (χ4v) is 3.95. The van der Waals surface area contributed by atoms with Crippen LogP contribution in [0.5, 0.6) is 5.75 Å². The number of nitrogens with two attached hydrogens (primary N) is 1. The van der Waals surface area contributed by atoms with Crippen molar-refractivity contribution in [2.45, 2.75) is 24.0 Å². The number of nitrogens with one attached hydrogen (secondary N) is 1. The molecule has 1 aromatic carbocycles. The molecule has 0 aliphatic carbocycles. The van der Waals surface area contributed by atoms with E-state index in [1.165, 1.54) is 52.4 Å². The summed E-state index contributed by atoms with van der Waals surface area (Å²) in [6.07, 6.45) is 0.755. The summed E-state index contributed by atoms with van der Waals surface area (Å²) in [7, 11) is 1.49. The molecular formula is C22H20F5N6O2P. The molecule has 1 unspecified atom stereocenters. The Labute approximate surface area is 204 Å². The second-order valence-electron chi connectivity index (χ2n) is 8.20. The molecule has 3 N–H and O–H groups in total. The third-order valence-electron chi connectivity index (χ3n) is 5.61. The van der Waals surface area contributed by atoms with E-state index in [0.29, 0.717) is 16.9 Å². The quantitative estimate of drug-likeness (QED) is 0.369. The van der Waals surface area contributed by atoms with Crippen LogP contribution in [0.15, 0.2) is 55.2 Å². The van der Waals surface area contributed by atoms with Gasteiger partial charge in [-0.3, -0.25) is 4.79 Å². The van der Waals surface area contributed by atoms with Gasteiger partial charge in [-0.05, 0) is 36.8 Å². The summed E-state index contributed by atoms with van der Waals surface area (Å²) in [6.45, 7) is 0.0428. The molecule has 2 atom stereocenters. The number of ether oxygens (including phenoxy) is 1. The maximum atomic E-state index is 14.1. The molecule has 0 bridgehead atoms. The topological polar surface area (TPSA) is 106 Å². The maximum absolute atomic E-state index is 14.1. The number of benzene rings is 1. The lowest BCUT2D eigenvalue weighted by Gasteiger charge is -2.31. The number of hydrogen-bond donors (Lipinski definition) is 2. The number of halogens is 5. The van der Waals surface area contributed by atoms with E-state index < -0.39 is 29.2 Å². The van der Waals surface area contributed by atoms with Gasteiger partial charge in [-0.2, -0.15) is 0 Å². The fraction of sp³-hybridized carbons (Fsp3) is 0.273. The van der Waals surface area contributed by atoms with Gasteiger partial charge in [0, 0.05) is 48.5 Å². The Balaban J connectivity index is 1.60. The van der Waals surface area contributed by atoms with Crippen molar-refractivity contribution in [2.24, 2.45) is 5.73 Å². The van der Waals surface area contributed by atoms with Crippen LogP contribution in [0.4, 0.5) is 33.5 Å². The molecule has 0 spiro atoms. The van der Waals surface area contributed by atoms with E-state index in [4.69, 9.17) is 5.73 Å². The zero-order valence-corrected chi connectivity index (χ0v) is 19.6. The lowest BCUT2D eigenvalue weighted by atomic mass is 10.0. The van der Waals surface area contributed by atoms with Crippen molar-refractivity contribution < 1.29 is 31.5 Å². The molecule has 1 fully saturated rings. The summed E-state index contributed by atoms with van der Waals surface area (Å²) < 4.78 is 69.0. The van der Waals surface area contributed by atoms with Crippen LogP contribution in [0.1, 0.15) is 16.8 Å². The maximum Gasteiger partial charge on any atom is 0.573 e. The number of hydrogen-bond acceptors (Lipinski definition) is 7. The van der Waals surface area contributed by atoms with Gasteiger partial charge >= 0.3 is 6.36 Å². The van der Waals surface area contributed by atoms with Gasteiger partial charge in [0.05, 0.1) is 5.56 Å². The van der Waals surface area contributed by atoms with Crippen LogP contribution in [0.25, 0.3) is 11.1 Å². The molecule has 1 saturated heterocycles. The summed E-state index contributed by atoms with van der Waals surface area (Å²) in [5.74, 6) is -0.699. The number of rotatable bonds is 6. The predicted molar refractivity (Wildman–Crippen MR) is 125 cm³/mol. The monoisotopic (exact) mass is 526 g/mol. The van der Waals surface area contributed by atoms with Crippen molar-refractivity contribution in [1.82, 2.24) is 15.0 Å². The van der Waals surface area contributed by atoms with Crippen molar-refractivity contribution >= 4 is 26.7 Å². The number of carbonyl (C=O) groups excluding carboxylic acids is 1. The highest BCUT2D eigenvalue weighted by molar-refractivity contribution is 7.18. The van der Waals surface area contributed by atoms with Gasteiger partial charge in [0.2, 0.25) is 0 Å². The molecule has 8 nitrogen and oxygen atoms in total. The normalized spacial score (nSPS) is 18.2. The Hall–Kier alpha value is -3.44. The Bertz CT molecular complexity index is 1240. The molecule has 36 heavy (non-hydrogen) atoms. The molecule has 1 aliphatic rings. The molecular weight excluding hydrogens is 506 g/mol. The number of alkyl halides is 5. The van der Waals surface area contributed by atoms with E-state index >= 15 is 0 Å². The number of aromatic nitrogens is 3. The van der Waals surface area contributed by atoms with E-state index in [9.17, 15) is 26.7 Å². The summed E-state index contributed by atoms with van der Waals surface area (Å²) in [4.78, 5) is 26.8. The first-order valence-corrected chi connectivity index (χ1v) is 11.1. The number of anilines is 2. The summed E-state index contributed by atoms with van der Waals surface area (Å²) in [5.41, 5.74) is 2.24. The zero-order chi connectivity index (χ0) is 26.1. The lowest BCUT2D eigenvalue weighted by molar-refractivity contribution is -0.274. The van der Waals surface area contributed by atoms with Crippen LogP contribution in [0.3, 0.4) is 0 Å². The first-order valence-electron chi connectivity index (χ1n) is 10.5. The SMILES string of the molecule is N[C@]1(C(F)(F)P)CCN(c2ncc(C(=O)Nc3ccc(OC(F)(F)F)cc3)cc2-c2cncnc2)C1. The van der Waals surface area contributed by atoms with Crippen molar-refractivity contribution in [3.8, 4) is 16.9 Å². The highest BCUT2D eigenvalue weighted by atomic mass is 31.0. The van der Waals surface area contributed by atoms with E-state index in [-0.39, 0.29) is 30.8 Å². The third-order valence-corrected chi connectivity index (χ3v) is 6.19. The molecule has 190 valence electrons. The van der Waals surface area contributed by atoms with Crippen LogP contribution >= 0.6 is 9.24 Å². The van der Waals surface area contributed by atoms with Crippen molar-refractivity contribution in [3.05, 3.63) is 60.8 Å². The largest absolute Gasteiger partial charge is 0.573 e. The van der Waals surface area contributed by atoms with Crippen molar-refractivity contribution in [2.75, 3.05) is 23.3 Å². The van der Waals surface area contributed by atoms with E-state index in [1.54, 1.807) is 4.90 Å². The van der Waals surface area contributed by atoms with Crippen LogP contribution in [0, 0.1) is 0 Å². The summed E-state index contributed by atoms with van der Waals surface area (Å²) >= 11 is 0. The smallest absolute Gasteiger partial charge is 0.406 e. The number of carbonyl (C=O) groups is 1. The number of amides is 1. The number of pyridine rings is 1. The highest BCUT2D eigenvalue weighted by Gasteiger charge is 2.51. The van der Waals surface area contributed by atoms with Gasteiger partial charge in [0.25, 0.3) is 11.6 Å². The Morgan fingerprint density at radius 2 is 1.78 bits per heavy atom. The Morgan fingerprint density at radius 1 is 1.11 bits per heavy atom. The van der Waals surface area contributed by atoms with Crippen LogP contribution < -0.4 is 20.7 Å². The van der Waals surface area contributed by atoms with Crippen molar-refractivity contribution in [1.29, 1.82) is 0 Å². The Morgan fingerprint density at radius 3 is 2.36 bits per heavy atom. The third kappa shape index (κ3) is 5.68. The first-order chi connectivity index (χ1) is 16.8. The molecule has 4 rings (SSSR count). The van der Waals surface area contributed by atoms with Gasteiger partial charge in [0.15, 0.2) is 0 Å². The predicted octanol–water partition coefficient (Wildman–Crippen LogP) is 4.07. The van der Waals surface area contributed by atoms with E-state index in [1.807, 2.05) is 0 Å².